The van der Waals surface area contributed by atoms with E-state index in [0.29, 0.717) is 6.04 Å². The van der Waals surface area contributed by atoms with Crippen molar-refractivity contribution in [3.05, 3.63) is 34.3 Å². The van der Waals surface area contributed by atoms with Crippen LogP contribution in [0, 0.1) is 0 Å². The monoisotopic (exact) mass is 311 g/mol. The number of benzene rings is 1. The minimum Gasteiger partial charge on any atom is -0.391 e. The second kappa shape index (κ2) is 6.69. The molecular formula is C15H22BrNO. The van der Waals surface area contributed by atoms with E-state index in [4.69, 9.17) is 0 Å². The Balaban J connectivity index is 1.83. The van der Waals surface area contributed by atoms with E-state index < -0.39 is 0 Å². The van der Waals surface area contributed by atoms with Crippen LogP contribution in [0.2, 0.25) is 0 Å². The first-order valence-corrected chi connectivity index (χ1v) is 7.59. The lowest BCUT2D eigenvalue weighted by molar-refractivity contribution is 0.0327. The lowest BCUT2D eigenvalue weighted by atomic mass is 9.91. The van der Waals surface area contributed by atoms with Gasteiger partial charge in [-0.3, -0.25) is 0 Å². The molecule has 1 fully saturated rings. The highest BCUT2D eigenvalue weighted by atomic mass is 79.9. The summed E-state index contributed by atoms with van der Waals surface area (Å²) in [4.78, 5) is 2.33. The van der Waals surface area contributed by atoms with E-state index >= 15 is 0 Å². The van der Waals surface area contributed by atoms with E-state index in [1.54, 1.807) is 0 Å². The Kier molecular flexibility index (Phi) is 5.22. The Hall–Kier alpha value is -0.380. The van der Waals surface area contributed by atoms with Crippen molar-refractivity contribution in [3.63, 3.8) is 0 Å². The SMILES string of the molecule is CN(CCc1ccc(Br)cc1)[C@H]1CCCC[C@H]1O. The molecule has 100 valence electrons. The number of likely N-dealkylation sites (N-methyl/N-ethyl adjacent to an activating group) is 1. The molecule has 0 unspecified atom stereocenters. The van der Waals surface area contributed by atoms with Crippen LogP contribution in [0.3, 0.4) is 0 Å². The number of rotatable bonds is 4. The molecule has 0 aromatic heterocycles. The summed E-state index contributed by atoms with van der Waals surface area (Å²) in [5.41, 5.74) is 1.36. The average molecular weight is 312 g/mol. The smallest absolute Gasteiger partial charge is 0.0695 e. The van der Waals surface area contributed by atoms with Gasteiger partial charge in [-0.1, -0.05) is 40.9 Å². The van der Waals surface area contributed by atoms with E-state index in [-0.39, 0.29) is 6.10 Å². The van der Waals surface area contributed by atoms with Crippen LogP contribution in [0.15, 0.2) is 28.7 Å². The van der Waals surface area contributed by atoms with Gasteiger partial charge in [0, 0.05) is 17.1 Å². The van der Waals surface area contributed by atoms with Crippen LogP contribution in [0.25, 0.3) is 0 Å². The lowest BCUT2D eigenvalue weighted by Crippen LogP contribution is -2.44. The van der Waals surface area contributed by atoms with Gasteiger partial charge in [-0.05, 0) is 44.0 Å². The average Bonchev–Trinajstić information content (AvgIpc) is 2.38. The van der Waals surface area contributed by atoms with Gasteiger partial charge in [0.15, 0.2) is 0 Å². The maximum absolute atomic E-state index is 10.0. The molecule has 1 aliphatic carbocycles. The van der Waals surface area contributed by atoms with Gasteiger partial charge in [-0.2, -0.15) is 0 Å². The summed E-state index contributed by atoms with van der Waals surface area (Å²) in [7, 11) is 2.14. The molecule has 0 spiro atoms. The third-order valence-corrected chi connectivity index (χ3v) is 4.46. The maximum atomic E-state index is 10.0. The summed E-state index contributed by atoms with van der Waals surface area (Å²) in [6, 6.07) is 8.86. The van der Waals surface area contributed by atoms with Crippen molar-refractivity contribution < 1.29 is 5.11 Å². The molecule has 0 bridgehead atoms. The summed E-state index contributed by atoms with van der Waals surface area (Å²) in [5.74, 6) is 0. The van der Waals surface area contributed by atoms with Crippen molar-refractivity contribution in [1.82, 2.24) is 4.90 Å². The molecule has 1 aromatic rings. The minimum atomic E-state index is -0.131. The second-order valence-corrected chi connectivity index (χ2v) is 6.19. The molecule has 0 aliphatic heterocycles. The Labute approximate surface area is 118 Å². The molecule has 18 heavy (non-hydrogen) atoms. The fourth-order valence-corrected chi connectivity index (χ4v) is 2.99. The van der Waals surface area contributed by atoms with Gasteiger partial charge in [0.1, 0.15) is 0 Å². The third-order valence-electron chi connectivity index (χ3n) is 3.93. The first kappa shape index (κ1) is 14.0. The molecule has 1 N–H and O–H groups in total. The summed E-state index contributed by atoms with van der Waals surface area (Å²) in [5, 5.41) is 10.0. The number of halogens is 1. The fourth-order valence-electron chi connectivity index (χ4n) is 2.73. The number of nitrogens with zero attached hydrogens (tertiary/aromatic N) is 1. The van der Waals surface area contributed by atoms with E-state index in [0.717, 1.165) is 30.3 Å². The number of hydrogen-bond acceptors (Lipinski definition) is 2. The Morgan fingerprint density at radius 3 is 2.56 bits per heavy atom. The molecular weight excluding hydrogens is 290 g/mol. The van der Waals surface area contributed by atoms with Crippen molar-refractivity contribution in [2.24, 2.45) is 0 Å². The van der Waals surface area contributed by atoms with Gasteiger partial charge in [0.05, 0.1) is 6.10 Å². The number of aliphatic hydroxyl groups excluding tert-OH is 1. The van der Waals surface area contributed by atoms with Crippen LogP contribution in [0.1, 0.15) is 31.2 Å². The normalized spacial score (nSPS) is 24.4. The van der Waals surface area contributed by atoms with Gasteiger partial charge in [-0.25, -0.2) is 0 Å². The zero-order valence-corrected chi connectivity index (χ0v) is 12.6. The summed E-state index contributed by atoms with van der Waals surface area (Å²) in [6.07, 6.45) is 5.45. The molecule has 0 radical (unpaired) electrons. The topological polar surface area (TPSA) is 23.5 Å². The highest BCUT2D eigenvalue weighted by Gasteiger charge is 2.25. The van der Waals surface area contributed by atoms with Gasteiger partial charge in [0.2, 0.25) is 0 Å². The Morgan fingerprint density at radius 1 is 1.22 bits per heavy atom. The molecule has 3 heteroatoms. The number of hydrogen-bond donors (Lipinski definition) is 1. The van der Waals surface area contributed by atoms with Crippen LogP contribution in [-0.2, 0) is 6.42 Å². The highest BCUT2D eigenvalue weighted by molar-refractivity contribution is 9.10. The largest absolute Gasteiger partial charge is 0.391 e. The van der Waals surface area contributed by atoms with E-state index in [1.165, 1.54) is 18.4 Å². The fraction of sp³-hybridized carbons (Fsp3) is 0.600. The van der Waals surface area contributed by atoms with Crippen molar-refractivity contribution in [3.8, 4) is 0 Å². The summed E-state index contributed by atoms with van der Waals surface area (Å²) in [6.45, 7) is 1.02. The van der Waals surface area contributed by atoms with Crippen LogP contribution in [0.5, 0.6) is 0 Å². The molecule has 0 heterocycles. The first-order valence-electron chi connectivity index (χ1n) is 6.79. The third kappa shape index (κ3) is 3.81. The molecule has 1 aromatic carbocycles. The van der Waals surface area contributed by atoms with Crippen LogP contribution < -0.4 is 0 Å². The molecule has 1 saturated carbocycles. The van der Waals surface area contributed by atoms with E-state index in [1.807, 2.05) is 0 Å². The predicted octanol–water partition coefficient (Wildman–Crippen LogP) is 3.23. The minimum absolute atomic E-state index is 0.131. The van der Waals surface area contributed by atoms with Crippen molar-refractivity contribution in [1.29, 1.82) is 0 Å². The van der Waals surface area contributed by atoms with Crippen molar-refractivity contribution in [2.75, 3.05) is 13.6 Å². The Morgan fingerprint density at radius 2 is 1.89 bits per heavy atom. The van der Waals surface area contributed by atoms with Crippen LogP contribution in [-0.4, -0.2) is 35.7 Å². The molecule has 0 amide bonds. The van der Waals surface area contributed by atoms with Gasteiger partial charge in [0.25, 0.3) is 0 Å². The molecule has 0 saturated heterocycles. The van der Waals surface area contributed by atoms with Gasteiger partial charge < -0.3 is 10.0 Å². The zero-order valence-electron chi connectivity index (χ0n) is 11.0. The lowest BCUT2D eigenvalue weighted by Gasteiger charge is -2.35. The maximum Gasteiger partial charge on any atom is 0.0695 e. The summed E-state index contributed by atoms with van der Waals surface area (Å²) < 4.78 is 1.13. The first-order chi connectivity index (χ1) is 8.66. The van der Waals surface area contributed by atoms with Gasteiger partial charge >= 0.3 is 0 Å². The van der Waals surface area contributed by atoms with Crippen LogP contribution in [0.4, 0.5) is 0 Å². The Bertz CT molecular complexity index is 365. The van der Waals surface area contributed by atoms with E-state index in [2.05, 4.69) is 52.1 Å². The highest BCUT2D eigenvalue weighted by Crippen LogP contribution is 2.22. The number of aliphatic hydroxyl groups is 1. The van der Waals surface area contributed by atoms with Gasteiger partial charge in [-0.15, -0.1) is 0 Å². The predicted molar refractivity (Wildman–Crippen MR) is 78.7 cm³/mol. The van der Waals surface area contributed by atoms with E-state index in [9.17, 15) is 5.11 Å². The second-order valence-electron chi connectivity index (χ2n) is 5.28. The van der Waals surface area contributed by atoms with Crippen LogP contribution >= 0.6 is 15.9 Å². The van der Waals surface area contributed by atoms with Crippen molar-refractivity contribution in [2.45, 2.75) is 44.2 Å². The summed E-state index contributed by atoms with van der Waals surface area (Å²) >= 11 is 3.45. The van der Waals surface area contributed by atoms with Crippen molar-refractivity contribution >= 4 is 15.9 Å². The molecule has 1 aliphatic rings. The molecule has 2 nitrogen and oxygen atoms in total. The zero-order chi connectivity index (χ0) is 13.0. The molecule has 2 rings (SSSR count). The quantitative estimate of drug-likeness (QED) is 0.923. The standard InChI is InChI=1S/C15H22BrNO/c1-17(14-4-2-3-5-15(14)18)11-10-12-6-8-13(16)9-7-12/h6-9,14-15,18H,2-5,10-11H2,1H3/t14-,15+/m0/s1. The molecule has 2 atom stereocenters.